The van der Waals surface area contributed by atoms with Gasteiger partial charge in [0, 0.05) is 38.3 Å². The van der Waals surface area contributed by atoms with Crippen LogP contribution in [0.3, 0.4) is 0 Å². The number of hydrogen-bond acceptors (Lipinski definition) is 3. The van der Waals surface area contributed by atoms with E-state index in [1.54, 1.807) is 0 Å². The quantitative estimate of drug-likeness (QED) is 0.725. The van der Waals surface area contributed by atoms with E-state index in [2.05, 4.69) is 30.6 Å². The van der Waals surface area contributed by atoms with Crippen molar-refractivity contribution in [1.82, 2.24) is 9.80 Å². The molecular weight excluding hydrogens is 174 g/mol. The molecule has 84 valence electrons. The lowest BCUT2D eigenvalue weighted by Gasteiger charge is -2.38. The monoisotopic (exact) mass is 199 g/mol. The molecule has 1 aliphatic rings. The summed E-state index contributed by atoms with van der Waals surface area (Å²) >= 11 is 0. The van der Waals surface area contributed by atoms with Crippen LogP contribution in [0.25, 0.3) is 0 Å². The predicted molar refractivity (Wildman–Crippen MR) is 61.4 cm³/mol. The number of hydrogen-bond donors (Lipinski definition) is 1. The van der Waals surface area contributed by atoms with Crippen molar-refractivity contribution in [2.24, 2.45) is 5.73 Å². The smallest absolute Gasteiger partial charge is 0.0113 e. The summed E-state index contributed by atoms with van der Waals surface area (Å²) < 4.78 is 0. The summed E-state index contributed by atoms with van der Waals surface area (Å²) in [6.45, 7) is 12.7. The van der Waals surface area contributed by atoms with Gasteiger partial charge in [-0.2, -0.15) is 0 Å². The van der Waals surface area contributed by atoms with Gasteiger partial charge in [0.25, 0.3) is 0 Å². The van der Waals surface area contributed by atoms with Crippen LogP contribution >= 0.6 is 0 Å². The molecule has 0 aromatic carbocycles. The Balaban J connectivity index is 2.26. The fourth-order valence-electron chi connectivity index (χ4n) is 2.21. The predicted octanol–water partition coefficient (Wildman–Crippen LogP) is 0.750. The second-order valence-corrected chi connectivity index (χ2v) is 4.53. The molecule has 0 radical (unpaired) electrons. The molecule has 1 saturated heterocycles. The molecule has 0 spiro atoms. The summed E-state index contributed by atoms with van der Waals surface area (Å²) in [6, 6.07) is 0.975. The number of likely N-dealkylation sites (N-methyl/N-ethyl adjacent to an activating group) is 1. The number of piperazine rings is 1. The normalized spacial score (nSPS) is 24.9. The van der Waals surface area contributed by atoms with Crippen molar-refractivity contribution in [3.63, 3.8) is 0 Å². The molecule has 2 atom stereocenters. The first-order valence-corrected chi connectivity index (χ1v) is 5.85. The van der Waals surface area contributed by atoms with Crippen molar-refractivity contribution >= 4 is 0 Å². The lowest BCUT2D eigenvalue weighted by molar-refractivity contribution is 0.100. The van der Waals surface area contributed by atoms with Gasteiger partial charge in [-0.25, -0.2) is 0 Å². The van der Waals surface area contributed by atoms with Gasteiger partial charge in [-0.15, -0.1) is 0 Å². The number of nitrogens with two attached hydrogens (primary N) is 1. The molecule has 1 heterocycles. The van der Waals surface area contributed by atoms with E-state index in [9.17, 15) is 0 Å². The van der Waals surface area contributed by atoms with Crippen LogP contribution < -0.4 is 5.73 Å². The second-order valence-electron chi connectivity index (χ2n) is 4.53. The van der Waals surface area contributed by atoms with Gasteiger partial charge < -0.3 is 10.6 Å². The number of rotatable bonds is 4. The molecule has 1 aliphatic heterocycles. The second kappa shape index (κ2) is 5.69. The van der Waals surface area contributed by atoms with E-state index in [-0.39, 0.29) is 0 Å². The summed E-state index contributed by atoms with van der Waals surface area (Å²) in [5.41, 5.74) is 5.82. The highest BCUT2D eigenvalue weighted by Gasteiger charge is 2.20. The van der Waals surface area contributed by atoms with Gasteiger partial charge in [0.2, 0.25) is 0 Å². The van der Waals surface area contributed by atoms with Gasteiger partial charge in [0.15, 0.2) is 0 Å². The van der Waals surface area contributed by atoms with E-state index in [0.29, 0.717) is 12.1 Å². The lowest BCUT2D eigenvalue weighted by atomic mass is 10.1. The SMILES string of the molecule is CCN1CCN(C(C)CC(C)N)CC1. The molecule has 0 aromatic heterocycles. The standard InChI is InChI=1S/C11H25N3/c1-4-13-5-7-14(8-6-13)11(3)9-10(2)12/h10-11H,4-9,12H2,1-3H3. The Kier molecular flexibility index (Phi) is 4.85. The van der Waals surface area contributed by atoms with Crippen molar-refractivity contribution in [2.45, 2.75) is 39.3 Å². The van der Waals surface area contributed by atoms with E-state index in [1.807, 2.05) is 0 Å². The van der Waals surface area contributed by atoms with Crippen LogP contribution in [0.2, 0.25) is 0 Å². The highest BCUT2D eigenvalue weighted by molar-refractivity contribution is 4.77. The van der Waals surface area contributed by atoms with Gasteiger partial charge in [0.05, 0.1) is 0 Å². The first-order valence-electron chi connectivity index (χ1n) is 5.85. The third-order valence-corrected chi connectivity index (χ3v) is 3.19. The Bertz CT molecular complexity index is 151. The molecule has 14 heavy (non-hydrogen) atoms. The van der Waals surface area contributed by atoms with E-state index < -0.39 is 0 Å². The van der Waals surface area contributed by atoms with Gasteiger partial charge in [-0.1, -0.05) is 6.92 Å². The van der Waals surface area contributed by atoms with E-state index in [1.165, 1.54) is 32.7 Å². The highest BCUT2D eigenvalue weighted by atomic mass is 15.3. The van der Waals surface area contributed by atoms with Crippen molar-refractivity contribution in [2.75, 3.05) is 32.7 Å². The summed E-state index contributed by atoms with van der Waals surface area (Å²) in [6.07, 6.45) is 1.12. The Morgan fingerprint density at radius 3 is 2.14 bits per heavy atom. The summed E-state index contributed by atoms with van der Waals surface area (Å²) in [7, 11) is 0. The fraction of sp³-hybridized carbons (Fsp3) is 1.00. The molecule has 3 nitrogen and oxygen atoms in total. The minimum absolute atomic E-state index is 0.328. The summed E-state index contributed by atoms with van der Waals surface area (Å²) in [5, 5.41) is 0. The average molecular weight is 199 g/mol. The van der Waals surface area contributed by atoms with Gasteiger partial charge in [0.1, 0.15) is 0 Å². The Morgan fingerprint density at radius 1 is 1.14 bits per heavy atom. The average Bonchev–Trinajstić information content (AvgIpc) is 2.17. The fourth-order valence-corrected chi connectivity index (χ4v) is 2.21. The van der Waals surface area contributed by atoms with Crippen LogP contribution in [0.5, 0.6) is 0 Å². The molecule has 2 unspecified atom stereocenters. The molecule has 2 N–H and O–H groups in total. The van der Waals surface area contributed by atoms with E-state index in [0.717, 1.165) is 6.42 Å². The maximum atomic E-state index is 5.82. The van der Waals surface area contributed by atoms with Gasteiger partial charge in [-0.3, -0.25) is 4.90 Å². The van der Waals surface area contributed by atoms with Crippen LogP contribution in [-0.4, -0.2) is 54.6 Å². The van der Waals surface area contributed by atoms with Crippen LogP contribution in [0.15, 0.2) is 0 Å². The van der Waals surface area contributed by atoms with Crippen LogP contribution in [0.4, 0.5) is 0 Å². The minimum Gasteiger partial charge on any atom is -0.328 e. The largest absolute Gasteiger partial charge is 0.328 e. The maximum absolute atomic E-state index is 5.82. The summed E-state index contributed by atoms with van der Waals surface area (Å²) in [4.78, 5) is 5.07. The number of nitrogens with zero attached hydrogens (tertiary/aromatic N) is 2. The molecular formula is C11H25N3. The van der Waals surface area contributed by atoms with Crippen LogP contribution in [0, 0.1) is 0 Å². The van der Waals surface area contributed by atoms with Crippen molar-refractivity contribution < 1.29 is 0 Å². The Hall–Kier alpha value is -0.120. The van der Waals surface area contributed by atoms with Crippen LogP contribution in [0.1, 0.15) is 27.2 Å². The van der Waals surface area contributed by atoms with Crippen molar-refractivity contribution in [3.8, 4) is 0 Å². The zero-order valence-corrected chi connectivity index (χ0v) is 9.87. The first kappa shape index (κ1) is 12.0. The molecule has 0 aliphatic carbocycles. The third-order valence-electron chi connectivity index (χ3n) is 3.19. The van der Waals surface area contributed by atoms with Gasteiger partial charge in [-0.05, 0) is 26.8 Å². The molecule has 1 fully saturated rings. The molecule has 1 rings (SSSR count). The topological polar surface area (TPSA) is 32.5 Å². The molecule has 0 amide bonds. The minimum atomic E-state index is 0.328. The molecule has 0 saturated carbocycles. The molecule has 0 aromatic rings. The van der Waals surface area contributed by atoms with Crippen LogP contribution in [-0.2, 0) is 0 Å². The molecule has 3 heteroatoms. The van der Waals surface area contributed by atoms with Crippen molar-refractivity contribution in [3.05, 3.63) is 0 Å². The summed E-state index contributed by atoms with van der Waals surface area (Å²) in [5.74, 6) is 0. The van der Waals surface area contributed by atoms with E-state index >= 15 is 0 Å². The maximum Gasteiger partial charge on any atom is 0.0113 e. The zero-order chi connectivity index (χ0) is 10.6. The Morgan fingerprint density at radius 2 is 1.71 bits per heavy atom. The van der Waals surface area contributed by atoms with Gasteiger partial charge >= 0.3 is 0 Å². The first-order chi connectivity index (χ1) is 6.63. The third kappa shape index (κ3) is 3.56. The highest BCUT2D eigenvalue weighted by Crippen LogP contribution is 2.09. The van der Waals surface area contributed by atoms with Crippen molar-refractivity contribution in [1.29, 1.82) is 0 Å². The molecule has 0 bridgehead atoms. The van der Waals surface area contributed by atoms with E-state index in [4.69, 9.17) is 5.73 Å². The zero-order valence-electron chi connectivity index (χ0n) is 9.87. The lowest BCUT2D eigenvalue weighted by Crippen LogP contribution is -2.50. The Labute approximate surface area is 88.2 Å².